The lowest BCUT2D eigenvalue weighted by Gasteiger charge is -2.12. The average molecular weight is 323 g/mol. The number of hydrogen-bond acceptors (Lipinski definition) is 3. The molecule has 2 N–H and O–H groups in total. The lowest BCUT2D eigenvalue weighted by atomic mass is 10.1. The van der Waals surface area contributed by atoms with E-state index in [1.54, 1.807) is 23.5 Å². The molecule has 5 heteroatoms. The molecule has 1 atom stereocenters. The van der Waals surface area contributed by atoms with Gasteiger partial charge in [-0.15, -0.1) is 11.3 Å². The molecule has 0 aliphatic heterocycles. The van der Waals surface area contributed by atoms with Crippen LogP contribution in [-0.4, -0.2) is 4.98 Å². The van der Waals surface area contributed by atoms with Crippen LogP contribution >= 0.6 is 34.5 Å². The van der Waals surface area contributed by atoms with Crippen molar-refractivity contribution in [3.05, 3.63) is 63.1 Å². The number of nitrogens with zero attached hydrogens (tertiary/aromatic N) is 1. The number of halogens is 2. The van der Waals surface area contributed by atoms with Crippen molar-refractivity contribution in [2.75, 3.05) is 0 Å². The maximum atomic E-state index is 6.24. The van der Waals surface area contributed by atoms with Gasteiger partial charge < -0.3 is 5.73 Å². The molecule has 3 rings (SSSR count). The zero-order valence-electron chi connectivity index (χ0n) is 10.5. The molecule has 2 aromatic carbocycles. The first kappa shape index (κ1) is 13.8. The zero-order valence-corrected chi connectivity index (χ0v) is 12.8. The molecule has 0 amide bonds. The topological polar surface area (TPSA) is 38.9 Å². The minimum Gasteiger partial charge on any atom is -0.324 e. The summed E-state index contributed by atoms with van der Waals surface area (Å²) >= 11 is 13.8. The standard InChI is InChI=1S/C15H12Cl2N2S/c16-9-5-6-10(11(17)7-9)12(18)8-15-19-13-3-1-2-4-14(13)20-15/h1-7,12H,8,18H2. The quantitative estimate of drug-likeness (QED) is 0.748. The van der Waals surface area contributed by atoms with Gasteiger partial charge in [0.25, 0.3) is 0 Å². The Morgan fingerprint density at radius 3 is 2.70 bits per heavy atom. The van der Waals surface area contributed by atoms with Crippen LogP contribution in [-0.2, 0) is 6.42 Å². The van der Waals surface area contributed by atoms with Crippen LogP contribution in [0.2, 0.25) is 10.0 Å². The van der Waals surface area contributed by atoms with Crippen molar-refractivity contribution in [2.24, 2.45) is 5.73 Å². The first-order valence-corrected chi connectivity index (χ1v) is 7.76. The molecule has 0 saturated heterocycles. The molecule has 20 heavy (non-hydrogen) atoms. The predicted octanol–water partition coefficient (Wildman–Crippen LogP) is 4.85. The van der Waals surface area contributed by atoms with E-state index in [0.717, 1.165) is 16.1 Å². The summed E-state index contributed by atoms with van der Waals surface area (Å²) in [7, 11) is 0. The third-order valence-electron chi connectivity index (χ3n) is 3.09. The number of thiazole rings is 1. The number of benzene rings is 2. The maximum Gasteiger partial charge on any atom is 0.0957 e. The SMILES string of the molecule is NC(Cc1nc2ccccc2s1)c1ccc(Cl)cc1Cl. The van der Waals surface area contributed by atoms with Crippen LogP contribution in [0.4, 0.5) is 0 Å². The van der Waals surface area contributed by atoms with Gasteiger partial charge in [-0.25, -0.2) is 4.98 Å². The number of fused-ring (bicyclic) bond motifs is 1. The van der Waals surface area contributed by atoms with E-state index in [0.29, 0.717) is 16.5 Å². The largest absolute Gasteiger partial charge is 0.324 e. The van der Waals surface area contributed by atoms with Gasteiger partial charge in [0, 0.05) is 22.5 Å². The van der Waals surface area contributed by atoms with Crippen molar-refractivity contribution in [2.45, 2.75) is 12.5 Å². The normalized spacial score (nSPS) is 12.8. The molecule has 102 valence electrons. The van der Waals surface area contributed by atoms with Gasteiger partial charge in [0.1, 0.15) is 0 Å². The Morgan fingerprint density at radius 2 is 1.95 bits per heavy atom. The number of aromatic nitrogens is 1. The van der Waals surface area contributed by atoms with E-state index in [1.807, 2.05) is 24.3 Å². The summed E-state index contributed by atoms with van der Waals surface area (Å²) in [6.07, 6.45) is 0.667. The van der Waals surface area contributed by atoms with Crippen LogP contribution in [0.1, 0.15) is 16.6 Å². The second-order valence-electron chi connectivity index (χ2n) is 4.55. The molecule has 1 aromatic heterocycles. The van der Waals surface area contributed by atoms with Gasteiger partial charge in [-0.05, 0) is 29.8 Å². The molecule has 1 unspecified atom stereocenters. The summed E-state index contributed by atoms with van der Waals surface area (Å²) < 4.78 is 1.18. The summed E-state index contributed by atoms with van der Waals surface area (Å²) in [6, 6.07) is 13.3. The Hall–Kier alpha value is -1.13. The van der Waals surface area contributed by atoms with Crippen molar-refractivity contribution in [3.63, 3.8) is 0 Å². The van der Waals surface area contributed by atoms with Crippen LogP contribution in [0.3, 0.4) is 0 Å². The number of para-hydroxylation sites is 1. The Kier molecular flexibility index (Phi) is 3.94. The Morgan fingerprint density at radius 1 is 1.15 bits per heavy atom. The minimum atomic E-state index is -0.180. The van der Waals surface area contributed by atoms with E-state index < -0.39 is 0 Å². The van der Waals surface area contributed by atoms with Gasteiger partial charge in [-0.3, -0.25) is 0 Å². The van der Waals surface area contributed by atoms with Gasteiger partial charge in [0.2, 0.25) is 0 Å². The summed E-state index contributed by atoms with van der Waals surface area (Å²) in [5, 5.41) is 2.24. The van der Waals surface area contributed by atoms with E-state index in [9.17, 15) is 0 Å². The molecule has 0 radical (unpaired) electrons. The van der Waals surface area contributed by atoms with Crippen molar-refractivity contribution < 1.29 is 0 Å². The second kappa shape index (κ2) is 5.70. The molecular formula is C15H12Cl2N2S. The van der Waals surface area contributed by atoms with E-state index in [-0.39, 0.29) is 6.04 Å². The molecule has 0 aliphatic rings. The highest BCUT2D eigenvalue weighted by Gasteiger charge is 2.14. The molecule has 0 fully saturated rings. The number of hydrogen-bond donors (Lipinski definition) is 1. The summed E-state index contributed by atoms with van der Waals surface area (Å²) in [4.78, 5) is 4.59. The van der Waals surface area contributed by atoms with E-state index in [2.05, 4.69) is 11.1 Å². The van der Waals surface area contributed by atoms with E-state index >= 15 is 0 Å². The Labute approximate surface area is 131 Å². The van der Waals surface area contributed by atoms with Crippen LogP contribution in [0, 0.1) is 0 Å². The highest BCUT2D eigenvalue weighted by molar-refractivity contribution is 7.18. The first-order valence-electron chi connectivity index (χ1n) is 6.18. The lowest BCUT2D eigenvalue weighted by molar-refractivity contribution is 0.719. The minimum absolute atomic E-state index is 0.180. The third-order valence-corrected chi connectivity index (χ3v) is 4.72. The number of nitrogens with two attached hydrogens (primary N) is 1. The predicted molar refractivity (Wildman–Crippen MR) is 86.7 cm³/mol. The zero-order chi connectivity index (χ0) is 14.1. The summed E-state index contributed by atoms with van der Waals surface area (Å²) in [6.45, 7) is 0. The molecule has 0 bridgehead atoms. The Balaban J connectivity index is 1.86. The molecular weight excluding hydrogens is 311 g/mol. The van der Waals surface area contributed by atoms with Gasteiger partial charge in [0.05, 0.1) is 15.2 Å². The molecule has 0 saturated carbocycles. The highest BCUT2D eigenvalue weighted by Crippen LogP contribution is 2.29. The monoisotopic (exact) mass is 322 g/mol. The molecule has 3 aromatic rings. The van der Waals surface area contributed by atoms with Crippen molar-refractivity contribution in [3.8, 4) is 0 Å². The average Bonchev–Trinajstić information content (AvgIpc) is 2.80. The fourth-order valence-corrected chi connectivity index (χ4v) is 3.68. The fourth-order valence-electron chi connectivity index (χ4n) is 2.11. The molecule has 0 aliphatic carbocycles. The molecule has 1 heterocycles. The van der Waals surface area contributed by atoms with Crippen LogP contribution in [0.15, 0.2) is 42.5 Å². The van der Waals surface area contributed by atoms with Gasteiger partial charge in [-0.2, -0.15) is 0 Å². The Bertz CT molecular complexity index is 721. The van der Waals surface area contributed by atoms with E-state index in [4.69, 9.17) is 28.9 Å². The van der Waals surface area contributed by atoms with Crippen molar-refractivity contribution >= 4 is 44.8 Å². The van der Waals surface area contributed by atoms with E-state index in [1.165, 1.54) is 4.70 Å². The second-order valence-corrected chi connectivity index (χ2v) is 6.51. The first-order chi connectivity index (χ1) is 9.63. The highest BCUT2D eigenvalue weighted by atomic mass is 35.5. The van der Waals surface area contributed by atoms with Crippen molar-refractivity contribution in [1.29, 1.82) is 0 Å². The fraction of sp³-hybridized carbons (Fsp3) is 0.133. The van der Waals surface area contributed by atoms with Gasteiger partial charge >= 0.3 is 0 Å². The van der Waals surface area contributed by atoms with Crippen molar-refractivity contribution in [1.82, 2.24) is 4.98 Å². The van der Waals surface area contributed by atoms with Crippen LogP contribution in [0.5, 0.6) is 0 Å². The maximum absolute atomic E-state index is 6.24. The summed E-state index contributed by atoms with van der Waals surface area (Å²) in [5.41, 5.74) is 8.15. The number of rotatable bonds is 3. The summed E-state index contributed by atoms with van der Waals surface area (Å²) in [5.74, 6) is 0. The third kappa shape index (κ3) is 2.81. The molecule has 2 nitrogen and oxygen atoms in total. The van der Waals surface area contributed by atoms with Crippen LogP contribution < -0.4 is 5.73 Å². The smallest absolute Gasteiger partial charge is 0.0957 e. The van der Waals surface area contributed by atoms with Gasteiger partial charge in [-0.1, -0.05) is 41.4 Å². The van der Waals surface area contributed by atoms with Gasteiger partial charge in [0.15, 0.2) is 0 Å². The van der Waals surface area contributed by atoms with Crippen LogP contribution in [0.25, 0.3) is 10.2 Å². The molecule has 0 spiro atoms. The lowest BCUT2D eigenvalue weighted by Crippen LogP contribution is -2.13.